The summed E-state index contributed by atoms with van der Waals surface area (Å²) in [4.78, 5) is 34.8. The van der Waals surface area contributed by atoms with Crippen molar-refractivity contribution >= 4 is 23.3 Å². The molecule has 134 valence electrons. The molecule has 2 aromatic carbocycles. The minimum Gasteiger partial charge on any atom is -0.481 e. The number of carbonyl (C=O) groups excluding carboxylic acids is 1. The van der Waals surface area contributed by atoms with Gasteiger partial charge in [0.25, 0.3) is 5.69 Å². The number of carbonyl (C=O) groups is 2. The summed E-state index contributed by atoms with van der Waals surface area (Å²) in [6.45, 7) is 1.72. The van der Waals surface area contributed by atoms with Crippen LogP contribution in [-0.2, 0) is 22.4 Å². The first-order valence-electron chi connectivity index (χ1n) is 8.16. The summed E-state index contributed by atoms with van der Waals surface area (Å²) >= 11 is 0. The SMILES string of the molecule is Cc1ccc([N+](=O)[O-])cc1NC(=O)CC1(C(=O)O)Cc2ccccc2C1. The highest BCUT2D eigenvalue weighted by atomic mass is 16.6. The van der Waals surface area contributed by atoms with Crippen molar-refractivity contribution in [1.82, 2.24) is 0 Å². The summed E-state index contributed by atoms with van der Waals surface area (Å²) in [5, 5.41) is 23.3. The van der Waals surface area contributed by atoms with E-state index >= 15 is 0 Å². The maximum atomic E-state index is 12.5. The molecule has 2 aromatic rings. The van der Waals surface area contributed by atoms with E-state index in [4.69, 9.17) is 0 Å². The first kappa shape index (κ1) is 17.6. The van der Waals surface area contributed by atoms with E-state index in [0.29, 0.717) is 24.1 Å². The molecule has 1 aliphatic rings. The number of rotatable bonds is 5. The van der Waals surface area contributed by atoms with E-state index in [1.165, 1.54) is 12.1 Å². The molecule has 0 radical (unpaired) electrons. The minimum absolute atomic E-state index is 0.132. The lowest BCUT2D eigenvalue weighted by atomic mass is 9.81. The van der Waals surface area contributed by atoms with Crippen LogP contribution in [0.2, 0.25) is 0 Å². The maximum Gasteiger partial charge on any atom is 0.310 e. The average Bonchev–Trinajstić information content (AvgIpc) is 2.95. The van der Waals surface area contributed by atoms with Gasteiger partial charge in [-0.25, -0.2) is 0 Å². The summed E-state index contributed by atoms with van der Waals surface area (Å²) in [6.07, 6.45) is 0.388. The highest BCUT2D eigenvalue weighted by Crippen LogP contribution is 2.40. The number of anilines is 1. The van der Waals surface area contributed by atoms with E-state index in [9.17, 15) is 24.8 Å². The Bertz CT molecular complexity index is 882. The summed E-state index contributed by atoms with van der Waals surface area (Å²) in [7, 11) is 0. The number of amides is 1. The van der Waals surface area contributed by atoms with Gasteiger partial charge in [-0.15, -0.1) is 0 Å². The summed E-state index contributed by atoms with van der Waals surface area (Å²) in [5.41, 5.74) is 1.54. The summed E-state index contributed by atoms with van der Waals surface area (Å²) < 4.78 is 0. The topological polar surface area (TPSA) is 110 Å². The molecular formula is C19H18N2O5. The number of nitro groups is 1. The Morgan fingerprint density at radius 3 is 2.35 bits per heavy atom. The molecule has 7 heteroatoms. The molecule has 0 aromatic heterocycles. The number of hydrogen-bond acceptors (Lipinski definition) is 4. The Kier molecular flexibility index (Phi) is 4.46. The van der Waals surface area contributed by atoms with Crippen molar-refractivity contribution in [2.75, 3.05) is 5.32 Å². The third-order valence-electron chi connectivity index (χ3n) is 4.83. The largest absolute Gasteiger partial charge is 0.481 e. The third-order valence-corrected chi connectivity index (χ3v) is 4.83. The second kappa shape index (κ2) is 6.59. The van der Waals surface area contributed by atoms with Crippen LogP contribution in [0.25, 0.3) is 0 Å². The Hall–Kier alpha value is -3.22. The lowest BCUT2D eigenvalue weighted by molar-refractivity contribution is -0.384. The maximum absolute atomic E-state index is 12.5. The number of nitro benzene ring substituents is 1. The Balaban J connectivity index is 1.80. The predicted octanol–water partition coefficient (Wildman–Crippen LogP) is 3.10. The quantitative estimate of drug-likeness (QED) is 0.633. The van der Waals surface area contributed by atoms with Crippen LogP contribution in [0.4, 0.5) is 11.4 Å². The number of aryl methyl sites for hydroxylation is 1. The molecule has 0 saturated carbocycles. The van der Waals surface area contributed by atoms with Crippen LogP contribution in [-0.4, -0.2) is 21.9 Å². The van der Waals surface area contributed by atoms with Crippen LogP contribution in [0.1, 0.15) is 23.1 Å². The number of nitrogens with zero attached hydrogens (tertiary/aromatic N) is 1. The predicted molar refractivity (Wildman–Crippen MR) is 95.0 cm³/mol. The van der Waals surface area contributed by atoms with Gasteiger partial charge in [-0.2, -0.15) is 0 Å². The van der Waals surface area contributed by atoms with Crippen molar-refractivity contribution < 1.29 is 19.6 Å². The van der Waals surface area contributed by atoms with Crippen LogP contribution in [0.3, 0.4) is 0 Å². The van der Waals surface area contributed by atoms with E-state index in [0.717, 1.165) is 11.1 Å². The zero-order chi connectivity index (χ0) is 18.9. The average molecular weight is 354 g/mol. The molecule has 1 amide bonds. The van der Waals surface area contributed by atoms with Gasteiger partial charge in [0.1, 0.15) is 0 Å². The first-order chi connectivity index (χ1) is 12.3. The van der Waals surface area contributed by atoms with Gasteiger partial charge in [0, 0.05) is 18.6 Å². The highest BCUT2D eigenvalue weighted by molar-refractivity contribution is 5.95. The zero-order valence-electron chi connectivity index (χ0n) is 14.2. The zero-order valence-corrected chi connectivity index (χ0v) is 14.2. The fourth-order valence-corrected chi connectivity index (χ4v) is 3.41. The van der Waals surface area contributed by atoms with Gasteiger partial charge in [-0.05, 0) is 36.5 Å². The van der Waals surface area contributed by atoms with Crippen molar-refractivity contribution in [2.45, 2.75) is 26.2 Å². The number of aliphatic carboxylic acids is 1. The number of carboxylic acid groups (broad SMARTS) is 1. The standard InChI is InChI=1S/C19H18N2O5/c1-12-6-7-15(21(25)26)8-16(12)20-17(22)11-19(18(23)24)9-13-4-2-3-5-14(13)10-19/h2-8H,9-11H2,1H3,(H,20,22)(H,23,24). The normalized spacial score (nSPS) is 14.5. The highest BCUT2D eigenvalue weighted by Gasteiger charge is 2.45. The van der Waals surface area contributed by atoms with Gasteiger partial charge < -0.3 is 10.4 Å². The fraction of sp³-hybridized carbons (Fsp3) is 0.263. The molecule has 0 aliphatic heterocycles. The van der Waals surface area contributed by atoms with Crippen molar-refractivity contribution in [3.63, 3.8) is 0 Å². The number of benzene rings is 2. The van der Waals surface area contributed by atoms with E-state index in [2.05, 4.69) is 5.32 Å². The second-order valence-electron chi connectivity index (χ2n) is 6.69. The van der Waals surface area contributed by atoms with Gasteiger partial charge in [-0.1, -0.05) is 30.3 Å². The van der Waals surface area contributed by atoms with Crippen LogP contribution in [0.5, 0.6) is 0 Å². The number of nitrogens with one attached hydrogen (secondary N) is 1. The van der Waals surface area contributed by atoms with Gasteiger partial charge in [0.2, 0.25) is 5.91 Å². The molecule has 26 heavy (non-hydrogen) atoms. The van der Waals surface area contributed by atoms with Gasteiger partial charge in [-0.3, -0.25) is 19.7 Å². The van der Waals surface area contributed by atoms with Gasteiger partial charge in [0.05, 0.1) is 16.0 Å². The number of hydrogen-bond donors (Lipinski definition) is 2. The molecule has 0 unspecified atom stereocenters. The Morgan fingerprint density at radius 1 is 1.19 bits per heavy atom. The number of non-ortho nitro benzene ring substituents is 1. The minimum atomic E-state index is -1.19. The lowest BCUT2D eigenvalue weighted by Gasteiger charge is -2.23. The monoisotopic (exact) mass is 354 g/mol. The molecule has 0 bridgehead atoms. The molecular weight excluding hydrogens is 336 g/mol. The summed E-state index contributed by atoms with van der Waals surface area (Å²) in [5.74, 6) is -1.48. The Labute approximate surface area is 149 Å². The third kappa shape index (κ3) is 3.28. The molecule has 7 nitrogen and oxygen atoms in total. The molecule has 3 rings (SSSR count). The van der Waals surface area contributed by atoms with Gasteiger partial charge >= 0.3 is 5.97 Å². The first-order valence-corrected chi connectivity index (χ1v) is 8.16. The van der Waals surface area contributed by atoms with Gasteiger partial charge in [0.15, 0.2) is 0 Å². The van der Waals surface area contributed by atoms with Crippen LogP contribution in [0, 0.1) is 22.5 Å². The van der Waals surface area contributed by atoms with Crippen LogP contribution in [0.15, 0.2) is 42.5 Å². The van der Waals surface area contributed by atoms with E-state index in [1.54, 1.807) is 13.0 Å². The van der Waals surface area contributed by atoms with Crippen molar-refractivity contribution in [2.24, 2.45) is 5.41 Å². The van der Waals surface area contributed by atoms with Crippen molar-refractivity contribution in [3.05, 3.63) is 69.3 Å². The lowest BCUT2D eigenvalue weighted by Crippen LogP contribution is -2.36. The molecule has 1 aliphatic carbocycles. The number of fused-ring (bicyclic) bond motifs is 1. The van der Waals surface area contributed by atoms with Crippen molar-refractivity contribution in [1.29, 1.82) is 0 Å². The van der Waals surface area contributed by atoms with Crippen LogP contribution >= 0.6 is 0 Å². The molecule has 0 saturated heterocycles. The number of carboxylic acids is 1. The molecule has 0 heterocycles. The smallest absolute Gasteiger partial charge is 0.310 e. The van der Waals surface area contributed by atoms with E-state index in [-0.39, 0.29) is 12.1 Å². The van der Waals surface area contributed by atoms with E-state index in [1.807, 2.05) is 24.3 Å². The molecule has 0 spiro atoms. The van der Waals surface area contributed by atoms with Crippen molar-refractivity contribution in [3.8, 4) is 0 Å². The molecule has 0 atom stereocenters. The second-order valence-corrected chi connectivity index (χ2v) is 6.69. The molecule has 0 fully saturated rings. The molecule has 2 N–H and O–H groups in total. The van der Waals surface area contributed by atoms with E-state index < -0.39 is 22.2 Å². The fourth-order valence-electron chi connectivity index (χ4n) is 3.41. The van der Waals surface area contributed by atoms with Crippen LogP contribution < -0.4 is 5.32 Å². The Morgan fingerprint density at radius 2 is 1.81 bits per heavy atom. The summed E-state index contributed by atoms with van der Waals surface area (Å²) in [6, 6.07) is 11.6.